The molecule has 5 heteroatoms. The molecule has 3 aromatic rings. The Hall–Kier alpha value is -2.82. The Bertz CT molecular complexity index is 853. The smallest absolute Gasteiger partial charge is 0.225 e. The van der Waals surface area contributed by atoms with Crippen LogP contribution in [-0.2, 0) is 11.2 Å². The third-order valence-electron chi connectivity index (χ3n) is 4.28. The Morgan fingerprint density at radius 2 is 2.00 bits per heavy atom. The van der Waals surface area contributed by atoms with Crippen LogP contribution in [0.4, 0.5) is 0 Å². The van der Waals surface area contributed by atoms with E-state index in [1.54, 1.807) is 7.11 Å². The van der Waals surface area contributed by atoms with Gasteiger partial charge in [-0.2, -0.15) is 0 Å². The van der Waals surface area contributed by atoms with Crippen LogP contribution in [0, 0.1) is 5.92 Å². The zero-order valence-corrected chi connectivity index (χ0v) is 15.5. The molecule has 26 heavy (non-hydrogen) atoms. The van der Waals surface area contributed by atoms with Crippen molar-refractivity contribution in [3.8, 4) is 5.75 Å². The van der Waals surface area contributed by atoms with Crippen molar-refractivity contribution in [2.24, 2.45) is 5.92 Å². The van der Waals surface area contributed by atoms with Crippen molar-refractivity contribution >= 4 is 16.9 Å². The number of rotatable bonds is 7. The van der Waals surface area contributed by atoms with Gasteiger partial charge in [0.05, 0.1) is 30.6 Å². The summed E-state index contributed by atoms with van der Waals surface area (Å²) in [6, 6.07) is 15.4. The third-order valence-corrected chi connectivity index (χ3v) is 4.28. The maximum Gasteiger partial charge on any atom is 0.225 e. The van der Waals surface area contributed by atoms with Crippen molar-refractivity contribution in [1.29, 1.82) is 0 Å². The first-order valence-corrected chi connectivity index (χ1v) is 8.92. The van der Waals surface area contributed by atoms with Crippen molar-refractivity contribution < 1.29 is 9.53 Å². The van der Waals surface area contributed by atoms with Crippen LogP contribution in [0.15, 0.2) is 48.5 Å². The topological polar surface area (TPSA) is 67.0 Å². The normalized spacial score (nSPS) is 12.3. The minimum Gasteiger partial charge on any atom is -0.497 e. The predicted molar refractivity (Wildman–Crippen MR) is 103 cm³/mol. The monoisotopic (exact) mass is 351 g/mol. The number of imidazole rings is 1. The SMILES string of the molecule is COc1cccc(CC(=O)NC(CC(C)C)c2nc3ccccc3[nH]2)c1. The Balaban J connectivity index is 1.76. The molecule has 0 bridgehead atoms. The molecule has 0 radical (unpaired) electrons. The zero-order chi connectivity index (χ0) is 18.5. The molecule has 0 aliphatic rings. The van der Waals surface area contributed by atoms with Crippen molar-refractivity contribution in [3.05, 3.63) is 59.9 Å². The molecule has 3 rings (SSSR count). The molecule has 5 nitrogen and oxygen atoms in total. The van der Waals surface area contributed by atoms with Crippen molar-refractivity contribution in [3.63, 3.8) is 0 Å². The lowest BCUT2D eigenvalue weighted by molar-refractivity contribution is -0.121. The molecule has 1 heterocycles. The number of nitrogens with zero attached hydrogens (tertiary/aromatic N) is 1. The van der Waals surface area contributed by atoms with E-state index in [0.29, 0.717) is 12.3 Å². The number of amides is 1. The van der Waals surface area contributed by atoms with Gasteiger partial charge in [0.1, 0.15) is 11.6 Å². The van der Waals surface area contributed by atoms with Gasteiger partial charge in [0.2, 0.25) is 5.91 Å². The molecule has 1 unspecified atom stereocenters. The number of aromatic nitrogens is 2. The van der Waals surface area contributed by atoms with Gasteiger partial charge in [-0.25, -0.2) is 4.98 Å². The summed E-state index contributed by atoms with van der Waals surface area (Å²) in [7, 11) is 1.62. The van der Waals surface area contributed by atoms with Crippen LogP contribution in [0.2, 0.25) is 0 Å². The number of carbonyl (C=O) groups excluding carboxylic acids is 1. The average molecular weight is 351 g/mol. The number of para-hydroxylation sites is 2. The number of nitrogens with one attached hydrogen (secondary N) is 2. The Kier molecular flexibility index (Phi) is 5.56. The predicted octanol–water partition coefficient (Wildman–Crippen LogP) is 4.02. The van der Waals surface area contributed by atoms with Gasteiger partial charge in [0.15, 0.2) is 0 Å². The number of carbonyl (C=O) groups is 1. The quantitative estimate of drug-likeness (QED) is 0.676. The average Bonchev–Trinajstić information content (AvgIpc) is 3.05. The summed E-state index contributed by atoms with van der Waals surface area (Å²) >= 11 is 0. The minimum atomic E-state index is -0.138. The lowest BCUT2D eigenvalue weighted by Crippen LogP contribution is -2.31. The van der Waals surface area contributed by atoms with Crippen molar-refractivity contribution in [2.75, 3.05) is 7.11 Å². The van der Waals surface area contributed by atoms with Gasteiger partial charge in [-0.1, -0.05) is 38.1 Å². The molecule has 1 aromatic heterocycles. The molecular formula is C21H25N3O2. The van der Waals surface area contributed by atoms with Gasteiger partial charge >= 0.3 is 0 Å². The van der Waals surface area contributed by atoms with E-state index in [1.807, 2.05) is 48.5 Å². The molecule has 2 aromatic carbocycles. The molecule has 136 valence electrons. The molecule has 0 spiro atoms. The molecule has 0 saturated heterocycles. The highest BCUT2D eigenvalue weighted by Crippen LogP contribution is 2.22. The van der Waals surface area contributed by atoms with Crippen LogP contribution in [0.3, 0.4) is 0 Å². The molecule has 0 aliphatic heterocycles. The summed E-state index contributed by atoms with van der Waals surface area (Å²) in [6.07, 6.45) is 1.13. The lowest BCUT2D eigenvalue weighted by Gasteiger charge is -2.19. The van der Waals surface area contributed by atoms with E-state index in [1.165, 1.54) is 0 Å². The molecule has 1 amide bonds. The van der Waals surface area contributed by atoms with Gasteiger partial charge in [-0.3, -0.25) is 4.79 Å². The highest BCUT2D eigenvalue weighted by atomic mass is 16.5. The zero-order valence-electron chi connectivity index (χ0n) is 15.5. The Morgan fingerprint density at radius 1 is 1.19 bits per heavy atom. The standard InChI is InChI=1S/C21H25N3O2/c1-14(2)11-19(21-23-17-9-4-5-10-18(17)24-21)22-20(25)13-15-7-6-8-16(12-15)26-3/h4-10,12,14,19H,11,13H2,1-3H3,(H,22,25)(H,23,24). The molecule has 1 atom stereocenters. The summed E-state index contributed by atoms with van der Waals surface area (Å²) in [5, 5.41) is 3.14. The van der Waals surface area contributed by atoms with E-state index in [9.17, 15) is 4.79 Å². The first kappa shape index (κ1) is 18.0. The largest absolute Gasteiger partial charge is 0.497 e. The summed E-state index contributed by atoms with van der Waals surface area (Å²) in [5.74, 6) is 1.97. The summed E-state index contributed by atoms with van der Waals surface area (Å²) in [6.45, 7) is 4.29. The summed E-state index contributed by atoms with van der Waals surface area (Å²) < 4.78 is 5.23. The Labute approximate surface area is 153 Å². The lowest BCUT2D eigenvalue weighted by atomic mass is 10.0. The molecular weight excluding hydrogens is 326 g/mol. The number of benzene rings is 2. The van der Waals surface area contributed by atoms with Crippen LogP contribution < -0.4 is 10.1 Å². The van der Waals surface area contributed by atoms with Crippen molar-refractivity contribution in [2.45, 2.75) is 32.7 Å². The van der Waals surface area contributed by atoms with Crippen LogP contribution in [-0.4, -0.2) is 23.0 Å². The van der Waals surface area contributed by atoms with E-state index < -0.39 is 0 Å². The molecule has 0 saturated carbocycles. The summed E-state index contributed by atoms with van der Waals surface area (Å²) in [5.41, 5.74) is 2.83. The van der Waals surface area contributed by atoms with Crippen molar-refractivity contribution in [1.82, 2.24) is 15.3 Å². The maximum atomic E-state index is 12.6. The first-order valence-electron chi connectivity index (χ1n) is 8.92. The summed E-state index contributed by atoms with van der Waals surface area (Å²) in [4.78, 5) is 20.6. The van der Waals surface area contributed by atoms with Crippen LogP contribution in [0.25, 0.3) is 11.0 Å². The molecule has 0 aliphatic carbocycles. The minimum absolute atomic E-state index is 0.0237. The molecule has 2 N–H and O–H groups in total. The van der Waals surface area contributed by atoms with Crippen LogP contribution in [0.1, 0.15) is 37.7 Å². The number of ether oxygens (including phenoxy) is 1. The second-order valence-electron chi connectivity index (χ2n) is 6.92. The van der Waals surface area contributed by atoms with Gasteiger partial charge in [-0.05, 0) is 42.2 Å². The number of methoxy groups -OCH3 is 1. The number of hydrogen-bond donors (Lipinski definition) is 2. The third kappa shape index (κ3) is 4.42. The van der Waals surface area contributed by atoms with E-state index in [4.69, 9.17) is 4.74 Å². The number of hydrogen-bond acceptors (Lipinski definition) is 3. The van der Waals surface area contributed by atoms with E-state index in [2.05, 4.69) is 29.1 Å². The van der Waals surface area contributed by atoms with Crippen LogP contribution >= 0.6 is 0 Å². The van der Waals surface area contributed by atoms with Gasteiger partial charge in [-0.15, -0.1) is 0 Å². The first-order chi connectivity index (χ1) is 12.5. The highest BCUT2D eigenvalue weighted by molar-refractivity contribution is 5.79. The van der Waals surface area contributed by atoms with E-state index in [0.717, 1.165) is 34.6 Å². The van der Waals surface area contributed by atoms with Gasteiger partial charge < -0.3 is 15.0 Å². The van der Waals surface area contributed by atoms with E-state index >= 15 is 0 Å². The second kappa shape index (κ2) is 8.04. The molecule has 0 fully saturated rings. The number of H-pyrrole nitrogens is 1. The van der Waals surface area contributed by atoms with Gasteiger partial charge in [0, 0.05) is 0 Å². The fourth-order valence-corrected chi connectivity index (χ4v) is 3.06. The number of fused-ring (bicyclic) bond motifs is 1. The fraction of sp³-hybridized carbons (Fsp3) is 0.333. The van der Waals surface area contributed by atoms with Crippen LogP contribution in [0.5, 0.6) is 5.75 Å². The fourth-order valence-electron chi connectivity index (χ4n) is 3.06. The Morgan fingerprint density at radius 3 is 2.73 bits per heavy atom. The highest BCUT2D eigenvalue weighted by Gasteiger charge is 2.20. The number of aromatic amines is 1. The van der Waals surface area contributed by atoms with Gasteiger partial charge in [0.25, 0.3) is 0 Å². The van der Waals surface area contributed by atoms with E-state index in [-0.39, 0.29) is 11.9 Å². The maximum absolute atomic E-state index is 12.6. The second-order valence-corrected chi connectivity index (χ2v) is 6.92.